The van der Waals surface area contributed by atoms with E-state index in [-0.39, 0.29) is 10.8 Å². The smallest absolute Gasteiger partial charge is 0.243 e. The molecular weight excluding hydrogens is 278 g/mol. The van der Waals surface area contributed by atoms with Crippen LogP contribution < -0.4 is 14.8 Å². The fraction of sp³-hybridized carbons (Fsp3) is 0.154. The average Bonchev–Trinajstić information content (AvgIpc) is 2.38. The lowest BCUT2D eigenvalue weighted by atomic mass is 10.3. The van der Waals surface area contributed by atoms with Crippen molar-refractivity contribution in [2.75, 3.05) is 19.0 Å². The van der Waals surface area contributed by atoms with Gasteiger partial charge >= 0.3 is 0 Å². The van der Waals surface area contributed by atoms with Crippen LogP contribution in [0.5, 0.6) is 11.6 Å². The van der Waals surface area contributed by atoms with Crippen molar-refractivity contribution in [3.63, 3.8) is 0 Å². The quantitative estimate of drug-likeness (QED) is 0.925. The summed E-state index contributed by atoms with van der Waals surface area (Å²) in [5, 5.41) is 5.13. The second-order valence-corrected chi connectivity index (χ2v) is 5.88. The molecule has 0 aliphatic rings. The average molecular weight is 293 g/mol. The van der Waals surface area contributed by atoms with E-state index in [0.29, 0.717) is 5.75 Å². The number of aromatic nitrogens is 1. The third kappa shape index (κ3) is 3.25. The molecule has 2 aromatic rings. The number of benzene rings is 1. The normalized spacial score (nSPS) is 11.2. The number of pyridine rings is 1. The Morgan fingerprint density at radius 1 is 1.20 bits per heavy atom. The maximum Gasteiger partial charge on any atom is 0.243 e. The number of nitrogens with zero attached hydrogens (tertiary/aromatic N) is 2. The van der Waals surface area contributed by atoms with E-state index in [2.05, 4.69) is 4.98 Å². The first kappa shape index (κ1) is 14.3. The number of primary sulfonamides is 1. The van der Waals surface area contributed by atoms with E-state index in [1.807, 2.05) is 31.1 Å². The highest BCUT2D eigenvalue weighted by atomic mass is 32.2. The monoisotopic (exact) mass is 293 g/mol. The van der Waals surface area contributed by atoms with Crippen LogP contribution in [0.1, 0.15) is 0 Å². The molecule has 0 radical (unpaired) electrons. The van der Waals surface area contributed by atoms with Crippen LogP contribution >= 0.6 is 0 Å². The van der Waals surface area contributed by atoms with Gasteiger partial charge in [-0.25, -0.2) is 18.5 Å². The van der Waals surface area contributed by atoms with Gasteiger partial charge in [0.25, 0.3) is 0 Å². The minimum absolute atomic E-state index is 0.0362. The van der Waals surface area contributed by atoms with Crippen LogP contribution in [0.25, 0.3) is 0 Å². The highest BCUT2D eigenvalue weighted by molar-refractivity contribution is 7.89. The summed E-state index contributed by atoms with van der Waals surface area (Å²) in [7, 11) is -0.0810. The summed E-state index contributed by atoms with van der Waals surface area (Å²) in [6.45, 7) is 0. The van der Waals surface area contributed by atoms with Gasteiger partial charge in [-0.2, -0.15) is 0 Å². The van der Waals surface area contributed by atoms with E-state index >= 15 is 0 Å². The lowest BCUT2D eigenvalue weighted by molar-refractivity contribution is 0.447. The molecule has 0 atom stereocenters. The van der Waals surface area contributed by atoms with E-state index < -0.39 is 10.0 Å². The van der Waals surface area contributed by atoms with Crippen LogP contribution in [0.4, 0.5) is 5.69 Å². The van der Waals surface area contributed by atoms with Crippen LogP contribution in [0.15, 0.2) is 47.5 Å². The highest BCUT2D eigenvalue weighted by Crippen LogP contribution is 2.27. The molecule has 0 saturated carbocycles. The summed E-state index contributed by atoms with van der Waals surface area (Å²) in [5.74, 6) is 0.450. The van der Waals surface area contributed by atoms with E-state index in [1.54, 1.807) is 12.1 Å². The molecule has 0 aliphatic heterocycles. The van der Waals surface area contributed by atoms with Crippen LogP contribution in [-0.4, -0.2) is 27.5 Å². The highest BCUT2D eigenvalue weighted by Gasteiger charge is 2.16. The van der Waals surface area contributed by atoms with Crippen molar-refractivity contribution in [1.29, 1.82) is 0 Å². The molecule has 0 unspecified atom stereocenters. The van der Waals surface area contributed by atoms with Crippen molar-refractivity contribution >= 4 is 15.7 Å². The van der Waals surface area contributed by atoms with Crippen LogP contribution in [0.2, 0.25) is 0 Å². The molecule has 20 heavy (non-hydrogen) atoms. The second-order valence-electron chi connectivity index (χ2n) is 4.35. The van der Waals surface area contributed by atoms with Crippen molar-refractivity contribution in [3.8, 4) is 11.6 Å². The van der Waals surface area contributed by atoms with Gasteiger partial charge in [-0.3, -0.25) is 0 Å². The summed E-state index contributed by atoms with van der Waals surface area (Å²) in [5.41, 5.74) is 0.926. The van der Waals surface area contributed by atoms with Gasteiger partial charge in [-0.1, -0.05) is 6.07 Å². The zero-order valence-corrected chi connectivity index (χ0v) is 12.0. The third-order valence-corrected chi connectivity index (χ3v) is 3.52. The Morgan fingerprint density at radius 2 is 1.95 bits per heavy atom. The Bertz CT molecular complexity index is 714. The van der Waals surface area contributed by atoms with Crippen LogP contribution in [0.3, 0.4) is 0 Å². The Kier molecular flexibility index (Phi) is 3.91. The molecule has 2 rings (SSSR count). The fourth-order valence-electron chi connectivity index (χ4n) is 1.61. The van der Waals surface area contributed by atoms with Gasteiger partial charge in [-0.15, -0.1) is 0 Å². The van der Waals surface area contributed by atoms with Crippen molar-refractivity contribution in [1.82, 2.24) is 4.98 Å². The predicted molar refractivity (Wildman–Crippen MR) is 76.5 cm³/mol. The van der Waals surface area contributed by atoms with Gasteiger partial charge in [0.15, 0.2) is 0 Å². The van der Waals surface area contributed by atoms with Gasteiger partial charge in [-0.05, 0) is 24.3 Å². The first-order valence-electron chi connectivity index (χ1n) is 5.81. The van der Waals surface area contributed by atoms with E-state index in [1.165, 1.54) is 18.3 Å². The molecular formula is C13H15N3O3S. The maximum atomic E-state index is 11.5. The number of hydrogen-bond acceptors (Lipinski definition) is 5. The molecule has 1 aromatic heterocycles. The van der Waals surface area contributed by atoms with Crippen LogP contribution in [0, 0.1) is 0 Å². The molecule has 0 aliphatic carbocycles. The van der Waals surface area contributed by atoms with E-state index in [0.717, 1.165) is 5.69 Å². The molecule has 1 heterocycles. The van der Waals surface area contributed by atoms with Crippen LogP contribution in [-0.2, 0) is 10.0 Å². The van der Waals surface area contributed by atoms with Gasteiger partial charge in [0.1, 0.15) is 10.6 Å². The van der Waals surface area contributed by atoms with Gasteiger partial charge < -0.3 is 9.64 Å². The summed E-state index contributed by atoms with van der Waals surface area (Å²) in [6, 6.07) is 10.1. The summed E-state index contributed by atoms with van der Waals surface area (Å²) in [4.78, 5) is 5.69. The topological polar surface area (TPSA) is 85.5 Å². The number of ether oxygens (including phenoxy) is 1. The molecule has 7 heteroatoms. The van der Waals surface area contributed by atoms with Gasteiger partial charge in [0.2, 0.25) is 15.9 Å². The Morgan fingerprint density at radius 3 is 2.60 bits per heavy atom. The van der Waals surface area contributed by atoms with Gasteiger partial charge in [0.05, 0.1) is 0 Å². The van der Waals surface area contributed by atoms with Crippen molar-refractivity contribution in [3.05, 3.63) is 42.6 Å². The SMILES string of the molecule is CN(C)c1cccc(Oc2ncccc2S(N)(=O)=O)c1. The van der Waals surface area contributed by atoms with Crippen molar-refractivity contribution < 1.29 is 13.2 Å². The number of sulfonamides is 1. The summed E-state index contributed by atoms with van der Waals surface area (Å²) < 4.78 is 28.5. The minimum atomic E-state index is -3.88. The first-order valence-corrected chi connectivity index (χ1v) is 7.35. The molecule has 106 valence electrons. The number of hydrogen-bond donors (Lipinski definition) is 1. The zero-order valence-electron chi connectivity index (χ0n) is 11.1. The molecule has 0 bridgehead atoms. The molecule has 1 aromatic carbocycles. The Labute approximate surface area is 117 Å². The summed E-state index contributed by atoms with van der Waals surface area (Å²) >= 11 is 0. The number of rotatable bonds is 4. The largest absolute Gasteiger partial charge is 0.438 e. The molecule has 6 nitrogen and oxygen atoms in total. The van der Waals surface area contributed by atoms with E-state index in [9.17, 15) is 8.42 Å². The molecule has 2 N–H and O–H groups in total. The van der Waals surface area contributed by atoms with E-state index in [4.69, 9.17) is 9.88 Å². The Hall–Kier alpha value is -2.12. The van der Waals surface area contributed by atoms with Crippen molar-refractivity contribution in [2.45, 2.75) is 4.90 Å². The molecule has 0 amide bonds. The standard InChI is InChI=1S/C13H15N3O3S/c1-16(2)10-5-3-6-11(9-10)19-13-12(20(14,17)18)7-4-8-15-13/h3-9H,1-2H3,(H2,14,17,18). The first-order chi connectivity index (χ1) is 9.38. The van der Waals surface area contributed by atoms with Gasteiger partial charge in [0, 0.05) is 32.0 Å². The Balaban J connectivity index is 2.38. The molecule has 0 spiro atoms. The maximum absolute atomic E-state index is 11.5. The lowest BCUT2D eigenvalue weighted by Crippen LogP contribution is -2.13. The summed E-state index contributed by atoms with van der Waals surface area (Å²) in [6.07, 6.45) is 1.44. The lowest BCUT2D eigenvalue weighted by Gasteiger charge is -2.14. The minimum Gasteiger partial charge on any atom is -0.438 e. The molecule has 0 fully saturated rings. The van der Waals surface area contributed by atoms with Crippen molar-refractivity contribution in [2.24, 2.45) is 5.14 Å². The predicted octanol–water partition coefficient (Wildman–Crippen LogP) is 1.59. The zero-order chi connectivity index (χ0) is 14.8. The third-order valence-electron chi connectivity index (χ3n) is 2.59. The molecule has 0 saturated heterocycles. The number of nitrogens with two attached hydrogens (primary N) is 1. The fourth-order valence-corrected chi connectivity index (χ4v) is 2.21. The number of anilines is 1. The second kappa shape index (κ2) is 5.48.